The van der Waals surface area contributed by atoms with Gasteiger partial charge in [-0.05, 0) is 109 Å². The molecule has 0 unspecified atom stereocenters. The number of carbonyl (C=O) groups excluding carboxylic acids is 1. The van der Waals surface area contributed by atoms with E-state index >= 15 is 0 Å². The summed E-state index contributed by atoms with van der Waals surface area (Å²) in [6.07, 6.45) is 7.53. The fourth-order valence-electron chi connectivity index (χ4n) is 9.76. The molecule has 4 aromatic carbocycles. The quantitative estimate of drug-likeness (QED) is 0.158. The molecule has 50 heavy (non-hydrogen) atoms. The molecule has 1 heterocycles. The van der Waals surface area contributed by atoms with Gasteiger partial charge in [0.25, 0.3) is 0 Å². The summed E-state index contributed by atoms with van der Waals surface area (Å²) < 4.78 is 13.3. The van der Waals surface area contributed by atoms with Crippen LogP contribution < -0.4 is 10.6 Å². The molecule has 4 aromatic rings. The van der Waals surface area contributed by atoms with Gasteiger partial charge in [0, 0.05) is 36.7 Å². The first kappa shape index (κ1) is 33.4. The number of amides is 2. The molecule has 4 saturated carbocycles. The number of aliphatic hydroxyl groups excluding tert-OH is 1. The summed E-state index contributed by atoms with van der Waals surface area (Å²) in [5.41, 5.74) is 5.25. The Morgan fingerprint density at radius 1 is 0.820 bits per heavy atom. The fraction of sp³-hybridized carbons (Fsp3) is 0.465. The number of likely N-dealkylation sites (N-methyl/N-ethyl adjacent to an activating group) is 1. The second kappa shape index (κ2) is 14.1. The molecule has 262 valence electrons. The van der Waals surface area contributed by atoms with Crippen molar-refractivity contribution >= 4 is 16.8 Å². The van der Waals surface area contributed by atoms with Crippen molar-refractivity contribution < 1.29 is 19.4 Å². The van der Waals surface area contributed by atoms with Gasteiger partial charge in [-0.2, -0.15) is 0 Å². The molecule has 5 aliphatic rings. The van der Waals surface area contributed by atoms with Crippen molar-refractivity contribution in [2.24, 2.45) is 17.8 Å². The number of aliphatic hydroxyl groups is 1. The fourth-order valence-corrected chi connectivity index (χ4v) is 9.76. The third-order valence-electron chi connectivity index (χ3n) is 12.1. The average molecular weight is 674 g/mol. The maximum absolute atomic E-state index is 13.1. The zero-order chi connectivity index (χ0) is 34.2. The van der Waals surface area contributed by atoms with Crippen LogP contribution in [-0.2, 0) is 22.6 Å². The highest BCUT2D eigenvalue weighted by atomic mass is 16.7. The number of urea groups is 1. The van der Waals surface area contributed by atoms with Gasteiger partial charge in [-0.3, -0.25) is 4.90 Å². The molecular weight excluding hydrogens is 622 g/mol. The van der Waals surface area contributed by atoms with Crippen molar-refractivity contribution in [1.82, 2.24) is 15.5 Å². The van der Waals surface area contributed by atoms with Crippen LogP contribution in [0.15, 0.2) is 91.0 Å². The maximum atomic E-state index is 13.1. The molecule has 0 spiro atoms. The molecule has 7 heteroatoms. The topological polar surface area (TPSA) is 83.1 Å². The van der Waals surface area contributed by atoms with Gasteiger partial charge in [0.05, 0.1) is 18.8 Å². The van der Waals surface area contributed by atoms with Gasteiger partial charge in [0.1, 0.15) is 0 Å². The summed E-state index contributed by atoms with van der Waals surface area (Å²) in [4.78, 5) is 15.4. The lowest BCUT2D eigenvalue weighted by molar-refractivity contribution is -0.253. The highest BCUT2D eigenvalue weighted by Crippen LogP contribution is 2.55. The molecule has 5 fully saturated rings. The Morgan fingerprint density at radius 2 is 1.46 bits per heavy atom. The van der Waals surface area contributed by atoms with Crippen LogP contribution in [-0.4, -0.2) is 41.3 Å². The minimum Gasteiger partial charge on any atom is -0.392 e. The lowest BCUT2D eigenvalue weighted by Crippen LogP contribution is -2.61. The molecule has 4 aliphatic carbocycles. The minimum atomic E-state index is -0.526. The van der Waals surface area contributed by atoms with E-state index in [4.69, 9.17) is 9.47 Å². The van der Waals surface area contributed by atoms with E-state index in [-0.39, 0.29) is 36.4 Å². The Balaban J connectivity index is 0.928. The van der Waals surface area contributed by atoms with E-state index < -0.39 is 6.29 Å². The Morgan fingerprint density at radius 3 is 2.14 bits per heavy atom. The van der Waals surface area contributed by atoms with Gasteiger partial charge in [-0.25, -0.2) is 4.79 Å². The Bertz CT molecular complexity index is 1760. The second-order valence-electron chi connectivity index (χ2n) is 15.8. The van der Waals surface area contributed by atoms with E-state index in [9.17, 15) is 9.90 Å². The van der Waals surface area contributed by atoms with Crippen LogP contribution in [0.5, 0.6) is 0 Å². The van der Waals surface area contributed by atoms with Crippen LogP contribution in [0.1, 0.15) is 98.1 Å². The van der Waals surface area contributed by atoms with Gasteiger partial charge in [0.15, 0.2) is 6.29 Å². The van der Waals surface area contributed by atoms with Crippen LogP contribution in [0.25, 0.3) is 10.8 Å². The molecule has 9 rings (SSSR count). The molecule has 4 bridgehead atoms. The van der Waals surface area contributed by atoms with Gasteiger partial charge in [0.2, 0.25) is 0 Å². The molecule has 0 radical (unpaired) electrons. The molecule has 4 atom stereocenters. The van der Waals surface area contributed by atoms with Crippen LogP contribution >= 0.6 is 0 Å². The number of carbonyl (C=O) groups is 1. The number of fused-ring (bicyclic) bond motifs is 1. The third-order valence-corrected chi connectivity index (χ3v) is 12.1. The largest absolute Gasteiger partial charge is 0.392 e. The lowest BCUT2D eigenvalue weighted by atomic mass is 9.53. The zero-order valence-electron chi connectivity index (χ0n) is 29.4. The summed E-state index contributed by atoms with van der Waals surface area (Å²) in [6.45, 7) is 3.50. The summed E-state index contributed by atoms with van der Waals surface area (Å²) in [7, 11) is 2.17. The number of nitrogens with one attached hydrogen (secondary N) is 2. The number of benzene rings is 4. The monoisotopic (exact) mass is 673 g/mol. The predicted octanol–water partition coefficient (Wildman–Crippen LogP) is 8.34. The van der Waals surface area contributed by atoms with Crippen LogP contribution in [0.4, 0.5) is 4.79 Å². The Labute approximate surface area is 296 Å². The summed E-state index contributed by atoms with van der Waals surface area (Å²) >= 11 is 0. The van der Waals surface area contributed by atoms with Crippen molar-refractivity contribution in [2.45, 2.75) is 95.1 Å². The molecule has 3 N–H and O–H groups in total. The normalized spacial score (nSPS) is 29.3. The van der Waals surface area contributed by atoms with E-state index in [0.29, 0.717) is 6.54 Å². The second-order valence-corrected chi connectivity index (χ2v) is 15.8. The molecule has 7 nitrogen and oxygen atoms in total. The molecular formula is C43H51N3O4. The number of hydrogen-bond acceptors (Lipinski definition) is 5. The summed E-state index contributed by atoms with van der Waals surface area (Å²) in [6, 6.07) is 31.7. The van der Waals surface area contributed by atoms with E-state index in [2.05, 4.69) is 108 Å². The predicted molar refractivity (Wildman–Crippen MR) is 196 cm³/mol. The van der Waals surface area contributed by atoms with Gasteiger partial charge < -0.3 is 25.2 Å². The molecule has 0 aromatic heterocycles. The van der Waals surface area contributed by atoms with Crippen molar-refractivity contribution in [2.75, 3.05) is 13.6 Å². The minimum absolute atomic E-state index is 0.00514. The lowest BCUT2D eigenvalue weighted by Gasteiger charge is -2.56. The number of ether oxygens (including phenoxy) is 2. The Kier molecular flexibility index (Phi) is 9.42. The van der Waals surface area contributed by atoms with Gasteiger partial charge in [-0.1, -0.05) is 84.9 Å². The molecule has 1 aliphatic heterocycles. The Hall–Kier alpha value is -3.75. The van der Waals surface area contributed by atoms with Crippen LogP contribution in [0.2, 0.25) is 0 Å². The highest BCUT2D eigenvalue weighted by Gasteiger charge is 2.51. The number of hydrogen-bond donors (Lipinski definition) is 3. The van der Waals surface area contributed by atoms with Crippen molar-refractivity contribution in [1.29, 1.82) is 0 Å². The van der Waals surface area contributed by atoms with Gasteiger partial charge >= 0.3 is 6.03 Å². The van der Waals surface area contributed by atoms with E-state index in [1.54, 1.807) is 0 Å². The van der Waals surface area contributed by atoms with E-state index in [1.165, 1.54) is 35.6 Å². The molecule has 2 amide bonds. The summed E-state index contributed by atoms with van der Waals surface area (Å²) in [5.74, 6) is 2.39. The third kappa shape index (κ3) is 7.20. The molecule has 1 saturated heterocycles. The van der Waals surface area contributed by atoms with Crippen molar-refractivity contribution in [3.05, 3.63) is 119 Å². The number of rotatable bonds is 10. The van der Waals surface area contributed by atoms with E-state index in [1.807, 2.05) is 12.1 Å². The highest BCUT2D eigenvalue weighted by molar-refractivity contribution is 5.83. The van der Waals surface area contributed by atoms with Gasteiger partial charge in [-0.15, -0.1) is 0 Å². The first-order chi connectivity index (χ1) is 24.3. The average Bonchev–Trinajstić information content (AvgIpc) is 3.13. The first-order valence-corrected chi connectivity index (χ1v) is 18.7. The first-order valence-electron chi connectivity index (χ1n) is 18.7. The van der Waals surface area contributed by atoms with Crippen LogP contribution in [0.3, 0.4) is 0 Å². The van der Waals surface area contributed by atoms with Crippen molar-refractivity contribution in [3.8, 4) is 0 Å². The summed E-state index contributed by atoms with van der Waals surface area (Å²) in [5, 5.41) is 18.7. The smallest absolute Gasteiger partial charge is 0.315 e. The van der Waals surface area contributed by atoms with Crippen molar-refractivity contribution in [3.63, 3.8) is 0 Å². The zero-order valence-corrected chi connectivity index (χ0v) is 29.4. The number of nitrogens with zero attached hydrogens (tertiary/aromatic N) is 1. The SMILES string of the molecule is C[C@H](c1ccc2ccccc2c1)N(C)C[C@H]1C[C@@H](c2ccc(CO)cc2)O[C@@H](c2ccc(CNC(=O)NC34CC5CC(CC(C5)C3)C4)cc2)O1. The van der Waals surface area contributed by atoms with Crippen LogP contribution in [0, 0.1) is 17.8 Å². The maximum Gasteiger partial charge on any atom is 0.315 e. The standard InChI is InChI=1S/C43H51N3O4/c1-28(37-16-15-34-5-3-4-6-38(34)20-37)46(2)26-39-21-40(35-11-9-30(27-47)10-12-35)50-41(49-39)36-13-7-29(8-14-36)25-44-42(48)45-43-22-31-17-32(23-43)19-33(18-31)24-43/h3-16,20,28,31-33,39-41,47H,17-19,21-27H2,1-2H3,(H2,44,45,48)/t28-,31?,32?,33?,39-,40+,41+,43?/m1/s1. The van der Waals surface area contributed by atoms with E-state index in [0.717, 1.165) is 72.2 Å².